The third-order valence-corrected chi connectivity index (χ3v) is 5.24. The van der Waals surface area contributed by atoms with Crippen molar-refractivity contribution in [2.75, 3.05) is 11.4 Å². The molecule has 26 heavy (non-hydrogen) atoms. The molecule has 0 radical (unpaired) electrons. The fourth-order valence-corrected chi connectivity index (χ4v) is 3.68. The average Bonchev–Trinajstić information content (AvgIpc) is 2.87. The highest BCUT2D eigenvalue weighted by Crippen LogP contribution is 2.31. The van der Waals surface area contributed by atoms with Crippen LogP contribution in [0.2, 0.25) is 5.02 Å². The Morgan fingerprint density at radius 2 is 2.23 bits per heavy atom. The Balaban J connectivity index is 1.56. The van der Waals surface area contributed by atoms with E-state index in [9.17, 15) is 9.18 Å². The predicted molar refractivity (Wildman–Crippen MR) is 98.4 cm³/mol. The van der Waals surface area contributed by atoms with Gasteiger partial charge >= 0.3 is 5.69 Å². The van der Waals surface area contributed by atoms with E-state index in [1.165, 1.54) is 17.7 Å². The summed E-state index contributed by atoms with van der Waals surface area (Å²) in [6.07, 6.45) is 4.17. The maximum absolute atomic E-state index is 13.2. The lowest BCUT2D eigenvalue weighted by atomic mass is 10.1. The van der Waals surface area contributed by atoms with Crippen molar-refractivity contribution >= 4 is 17.4 Å². The highest BCUT2D eigenvalue weighted by molar-refractivity contribution is 6.30. The van der Waals surface area contributed by atoms with Crippen molar-refractivity contribution in [1.82, 2.24) is 9.55 Å². The van der Waals surface area contributed by atoms with Crippen LogP contribution in [0, 0.1) is 5.82 Å². The third kappa shape index (κ3) is 3.21. The molecule has 7 heteroatoms. The van der Waals surface area contributed by atoms with Gasteiger partial charge < -0.3 is 9.64 Å². The second-order valence-corrected chi connectivity index (χ2v) is 7.17. The summed E-state index contributed by atoms with van der Waals surface area (Å²) >= 11 is 5.79. The van der Waals surface area contributed by atoms with E-state index in [0.29, 0.717) is 12.1 Å². The molecule has 0 fully saturated rings. The van der Waals surface area contributed by atoms with Crippen molar-refractivity contribution < 1.29 is 9.13 Å². The summed E-state index contributed by atoms with van der Waals surface area (Å²) in [4.78, 5) is 18.7. The van der Waals surface area contributed by atoms with Crippen molar-refractivity contribution in [3.8, 4) is 5.88 Å². The summed E-state index contributed by atoms with van der Waals surface area (Å²) in [6, 6.07) is 6.50. The van der Waals surface area contributed by atoms with Crippen LogP contribution in [0.1, 0.15) is 25.3 Å². The Morgan fingerprint density at radius 3 is 3.04 bits per heavy atom. The molecule has 1 aromatic heterocycles. The van der Waals surface area contributed by atoms with E-state index in [4.69, 9.17) is 16.3 Å². The number of fused-ring (bicyclic) bond motifs is 3. The van der Waals surface area contributed by atoms with Gasteiger partial charge in [0.25, 0.3) is 0 Å². The largest absolute Gasteiger partial charge is 0.473 e. The summed E-state index contributed by atoms with van der Waals surface area (Å²) in [7, 11) is 0. The van der Waals surface area contributed by atoms with Crippen molar-refractivity contribution in [3.63, 3.8) is 0 Å². The molecule has 1 atom stereocenters. The molecule has 2 aliphatic heterocycles. The molecule has 0 saturated heterocycles. The number of rotatable bonds is 3. The van der Waals surface area contributed by atoms with E-state index in [-0.39, 0.29) is 29.2 Å². The van der Waals surface area contributed by atoms with Crippen LogP contribution in [-0.4, -0.2) is 22.1 Å². The van der Waals surface area contributed by atoms with Gasteiger partial charge in [-0.05, 0) is 37.5 Å². The van der Waals surface area contributed by atoms with Gasteiger partial charge in [0.2, 0.25) is 5.88 Å². The molecule has 2 aliphatic rings. The van der Waals surface area contributed by atoms with E-state index >= 15 is 0 Å². The van der Waals surface area contributed by atoms with Gasteiger partial charge in [0.05, 0.1) is 11.1 Å². The highest BCUT2D eigenvalue weighted by atomic mass is 35.5. The predicted octanol–water partition coefficient (Wildman–Crippen LogP) is 3.54. The van der Waals surface area contributed by atoms with Crippen LogP contribution < -0.4 is 15.3 Å². The van der Waals surface area contributed by atoms with Crippen LogP contribution in [-0.2, 0) is 13.2 Å². The topological polar surface area (TPSA) is 47.4 Å². The van der Waals surface area contributed by atoms with Gasteiger partial charge in [-0.25, -0.2) is 9.18 Å². The zero-order valence-electron chi connectivity index (χ0n) is 14.4. The van der Waals surface area contributed by atoms with Gasteiger partial charge in [0.15, 0.2) is 0 Å². The molecule has 0 spiro atoms. The standard InChI is InChI=1S/C19H19ClFN3O2/c1-12-2-4-14-10-24-18(23(14)7-6-12)9-17(22-19(24)25)26-11-13-3-5-16(21)15(20)8-13/h2-3,5,8-9,14H,4,6-7,10-11H2,1H3. The van der Waals surface area contributed by atoms with Crippen molar-refractivity contribution in [1.29, 1.82) is 0 Å². The first kappa shape index (κ1) is 17.1. The number of hydrogen-bond donors (Lipinski definition) is 0. The molecule has 1 unspecified atom stereocenters. The monoisotopic (exact) mass is 375 g/mol. The van der Waals surface area contributed by atoms with Crippen molar-refractivity contribution in [2.45, 2.75) is 39.0 Å². The van der Waals surface area contributed by atoms with Gasteiger partial charge in [-0.15, -0.1) is 0 Å². The molecular weight excluding hydrogens is 357 g/mol. The number of hydrogen-bond acceptors (Lipinski definition) is 4. The van der Waals surface area contributed by atoms with Crippen molar-refractivity contribution in [3.05, 3.63) is 62.8 Å². The Bertz CT molecular complexity index is 941. The van der Waals surface area contributed by atoms with Crippen LogP contribution in [0.5, 0.6) is 5.88 Å². The van der Waals surface area contributed by atoms with Crippen LogP contribution >= 0.6 is 11.6 Å². The summed E-state index contributed by atoms with van der Waals surface area (Å²) < 4.78 is 20.6. The van der Waals surface area contributed by atoms with Crippen molar-refractivity contribution in [2.24, 2.45) is 0 Å². The molecule has 0 N–H and O–H groups in total. The lowest BCUT2D eigenvalue weighted by Gasteiger charge is -2.23. The minimum atomic E-state index is -0.472. The molecular formula is C19H19ClFN3O2. The van der Waals surface area contributed by atoms with Crippen LogP contribution in [0.4, 0.5) is 10.2 Å². The first-order valence-corrected chi connectivity index (χ1v) is 9.00. The third-order valence-electron chi connectivity index (χ3n) is 4.95. The van der Waals surface area contributed by atoms with Crippen LogP contribution in [0.3, 0.4) is 0 Å². The van der Waals surface area contributed by atoms with Crippen LogP contribution in [0.25, 0.3) is 0 Å². The van der Waals surface area contributed by atoms with E-state index in [2.05, 4.69) is 22.9 Å². The average molecular weight is 376 g/mol. The molecule has 3 heterocycles. The Labute approximate surface area is 155 Å². The zero-order valence-corrected chi connectivity index (χ0v) is 15.2. The molecule has 0 aliphatic carbocycles. The smallest absolute Gasteiger partial charge is 0.352 e. The lowest BCUT2D eigenvalue weighted by molar-refractivity contribution is 0.291. The van der Waals surface area contributed by atoms with Gasteiger partial charge in [-0.3, -0.25) is 4.57 Å². The molecule has 136 valence electrons. The van der Waals surface area contributed by atoms with Crippen LogP contribution in [0.15, 0.2) is 40.7 Å². The molecule has 2 aromatic rings. The number of benzene rings is 1. The SMILES string of the molecule is CC1=CCC2Cn3c(cc(OCc4ccc(F)c(Cl)c4)nc3=O)N2CC1. The maximum Gasteiger partial charge on any atom is 0.352 e. The number of aromatic nitrogens is 2. The Hall–Kier alpha value is -2.34. The summed E-state index contributed by atoms with van der Waals surface area (Å²) in [6.45, 7) is 3.84. The molecule has 1 aromatic carbocycles. The fourth-order valence-electron chi connectivity index (χ4n) is 3.47. The van der Waals surface area contributed by atoms with Gasteiger partial charge in [0, 0.05) is 19.2 Å². The minimum absolute atomic E-state index is 0.0448. The molecule has 4 rings (SSSR count). The summed E-state index contributed by atoms with van der Waals surface area (Å²) in [5.74, 6) is 0.655. The molecule has 5 nitrogen and oxygen atoms in total. The molecule has 0 bridgehead atoms. The Morgan fingerprint density at radius 1 is 1.38 bits per heavy atom. The number of ether oxygens (including phenoxy) is 1. The van der Waals surface area contributed by atoms with E-state index in [0.717, 1.165) is 25.2 Å². The normalized spacial score (nSPS) is 18.8. The number of nitrogens with zero attached hydrogens (tertiary/aromatic N) is 3. The quantitative estimate of drug-likeness (QED) is 0.770. The molecule has 0 amide bonds. The molecule has 0 saturated carbocycles. The van der Waals surface area contributed by atoms with Gasteiger partial charge in [-0.2, -0.15) is 4.98 Å². The minimum Gasteiger partial charge on any atom is -0.473 e. The summed E-state index contributed by atoms with van der Waals surface area (Å²) in [5.41, 5.74) is 1.79. The van der Waals surface area contributed by atoms with E-state index in [1.807, 2.05) is 6.07 Å². The van der Waals surface area contributed by atoms with Gasteiger partial charge in [-0.1, -0.05) is 29.3 Å². The zero-order chi connectivity index (χ0) is 18.3. The van der Waals surface area contributed by atoms with E-state index < -0.39 is 5.82 Å². The second kappa shape index (κ2) is 6.76. The van der Waals surface area contributed by atoms with Gasteiger partial charge in [0.1, 0.15) is 18.2 Å². The fraction of sp³-hybridized carbons (Fsp3) is 0.368. The Kier molecular flexibility index (Phi) is 4.44. The first-order chi connectivity index (χ1) is 12.5. The first-order valence-electron chi connectivity index (χ1n) is 8.62. The second-order valence-electron chi connectivity index (χ2n) is 6.77. The number of halogens is 2. The summed E-state index contributed by atoms with van der Waals surface area (Å²) in [5, 5.41) is 0.0448. The highest BCUT2D eigenvalue weighted by Gasteiger charge is 2.31. The number of anilines is 1. The lowest BCUT2D eigenvalue weighted by Crippen LogP contribution is -2.31. The maximum atomic E-state index is 13.2. The van der Waals surface area contributed by atoms with E-state index in [1.54, 1.807) is 10.6 Å².